The summed E-state index contributed by atoms with van der Waals surface area (Å²) in [6.07, 6.45) is 0. The number of hydrogen-bond acceptors (Lipinski definition) is 24. The van der Waals surface area contributed by atoms with Crippen molar-refractivity contribution in [3.8, 4) is 0 Å². The molecule has 30 heteroatoms. The molecule has 1 aromatic heterocycles. The van der Waals surface area contributed by atoms with Crippen LogP contribution in [-0.2, 0) is 29.0 Å². The first-order valence-electron chi connectivity index (χ1n) is 11.9. The smallest absolute Gasteiger partial charge is 0.294 e. The minimum atomic E-state index is -1.13. The van der Waals surface area contributed by atoms with Crippen molar-refractivity contribution in [2.45, 2.75) is 0 Å². The lowest BCUT2D eigenvalue weighted by Crippen LogP contribution is -2.38. The van der Waals surface area contributed by atoms with Gasteiger partial charge in [-0.25, -0.2) is 0 Å². The van der Waals surface area contributed by atoms with Gasteiger partial charge in [-0.2, -0.15) is 15.0 Å². The van der Waals surface area contributed by atoms with Crippen LogP contribution in [-0.4, -0.2) is 124 Å². The van der Waals surface area contributed by atoms with E-state index < -0.39 is 127 Å². The number of rotatable bonds is 27. The zero-order valence-electron chi connectivity index (χ0n) is 22.7. The van der Waals surface area contributed by atoms with E-state index in [1.807, 2.05) is 0 Å². The van der Waals surface area contributed by atoms with Crippen LogP contribution in [0.1, 0.15) is 0 Å². The molecule has 0 saturated heterocycles. The predicted molar refractivity (Wildman–Crippen MR) is 134 cm³/mol. The lowest BCUT2D eigenvalue weighted by molar-refractivity contribution is -0.757. The Morgan fingerprint density at radius 1 is 0.378 bits per heavy atom. The Bertz CT molecular complexity index is 951. The van der Waals surface area contributed by atoms with Gasteiger partial charge in [0.15, 0.2) is 0 Å². The van der Waals surface area contributed by atoms with E-state index in [2.05, 4.69) is 44.0 Å². The van der Waals surface area contributed by atoms with Crippen LogP contribution in [0.3, 0.4) is 0 Å². The third kappa shape index (κ3) is 16.6. The summed E-state index contributed by atoms with van der Waals surface area (Å²) in [6, 6.07) is 0. The van der Waals surface area contributed by atoms with E-state index in [-0.39, 0.29) is 0 Å². The van der Waals surface area contributed by atoms with Crippen molar-refractivity contribution in [1.29, 1.82) is 0 Å². The van der Waals surface area contributed by atoms with Crippen molar-refractivity contribution in [1.82, 2.24) is 15.0 Å². The fourth-order valence-electron chi connectivity index (χ4n) is 3.06. The predicted octanol–water partition coefficient (Wildman–Crippen LogP) is -2.46. The first kappa shape index (κ1) is 36.6. The molecule has 0 spiro atoms. The Kier molecular flexibility index (Phi) is 16.0. The SMILES string of the molecule is O=[N+]([O-])OCCN(CCO[N+](=O)[O-])c1nc(N(CCO[N+](=O)[O-])CCO[N+](=O)[O-])nc(N(CCO[N+](=O)[O-])CCO[N+](=O)[O-])n1. The number of nitrogens with zero attached hydrogens (tertiary/aromatic N) is 12. The van der Waals surface area contributed by atoms with Gasteiger partial charge in [0.25, 0.3) is 30.5 Å². The van der Waals surface area contributed by atoms with E-state index in [0.29, 0.717) is 0 Å². The van der Waals surface area contributed by atoms with Crippen LogP contribution in [0.25, 0.3) is 0 Å². The Morgan fingerprint density at radius 3 is 0.667 bits per heavy atom. The molecule has 0 N–H and O–H groups in total. The van der Waals surface area contributed by atoms with Gasteiger partial charge >= 0.3 is 0 Å². The molecule has 30 nitrogen and oxygen atoms in total. The van der Waals surface area contributed by atoms with Crippen LogP contribution < -0.4 is 14.7 Å². The third-order valence-corrected chi connectivity index (χ3v) is 4.80. The molecule has 0 radical (unpaired) electrons. The lowest BCUT2D eigenvalue weighted by atomic mass is 10.4. The summed E-state index contributed by atoms with van der Waals surface area (Å²) in [6.45, 7) is -6.22. The third-order valence-electron chi connectivity index (χ3n) is 4.80. The van der Waals surface area contributed by atoms with Crippen LogP contribution >= 0.6 is 0 Å². The first-order chi connectivity index (χ1) is 21.3. The Morgan fingerprint density at radius 2 is 0.533 bits per heavy atom. The standard InChI is InChI=1S/C15H24N12O18/c28-22(29)40-7-1-19(2-8-41-23(30)31)13-16-14(20(3-9-42-24(32)33)4-10-43-25(34)35)18-15(17-13)21(5-11-44-26(36)37)6-12-45-27(38)39/h1-12H2. The van der Waals surface area contributed by atoms with E-state index >= 15 is 0 Å². The molecule has 0 aliphatic heterocycles. The highest BCUT2D eigenvalue weighted by atomic mass is 17.0. The Hall–Kier alpha value is -6.39. The Labute approximate surface area is 247 Å². The van der Waals surface area contributed by atoms with Crippen molar-refractivity contribution in [3.05, 3.63) is 60.7 Å². The van der Waals surface area contributed by atoms with Gasteiger partial charge in [0.2, 0.25) is 17.8 Å². The average molecular weight is 660 g/mol. The van der Waals surface area contributed by atoms with Crippen LogP contribution in [0.5, 0.6) is 0 Å². The van der Waals surface area contributed by atoms with E-state index in [9.17, 15) is 60.7 Å². The van der Waals surface area contributed by atoms with Gasteiger partial charge in [0.1, 0.15) is 39.6 Å². The highest BCUT2D eigenvalue weighted by Crippen LogP contribution is 2.20. The largest absolute Gasteiger partial charge is 0.337 e. The molecule has 0 aromatic carbocycles. The van der Waals surface area contributed by atoms with Crippen molar-refractivity contribution in [2.75, 3.05) is 93.6 Å². The van der Waals surface area contributed by atoms with Gasteiger partial charge in [0, 0.05) is 39.3 Å². The van der Waals surface area contributed by atoms with Gasteiger partial charge in [-0.3, -0.25) is 0 Å². The zero-order chi connectivity index (χ0) is 33.8. The van der Waals surface area contributed by atoms with Gasteiger partial charge in [0.05, 0.1) is 0 Å². The van der Waals surface area contributed by atoms with Gasteiger partial charge < -0.3 is 43.7 Å². The van der Waals surface area contributed by atoms with E-state index in [0.717, 1.165) is 14.7 Å². The number of hydrogen-bond donors (Lipinski definition) is 0. The first-order valence-corrected chi connectivity index (χ1v) is 11.9. The molecule has 0 saturated carbocycles. The number of aromatic nitrogens is 3. The second-order valence-corrected chi connectivity index (χ2v) is 7.54. The van der Waals surface area contributed by atoms with Crippen molar-refractivity contribution >= 4 is 17.8 Å². The fraction of sp³-hybridized carbons (Fsp3) is 0.800. The Balaban J connectivity index is 3.66. The zero-order valence-corrected chi connectivity index (χ0v) is 22.7. The van der Waals surface area contributed by atoms with Crippen LogP contribution in [0.15, 0.2) is 0 Å². The van der Waals surface area contributed by atoms with E-state index in [1.54, 1.807) is 0 Å². The molecular weight excluding hydrogens is 636 g/mol. The normalized spacial score (nSPS) is 10.1. The minimum Gasteiger partial charge on any atom is -0.337 e. The van der Waals surface area contributed by atoms with Gasteiger partial charge in [-0.05, 0) is 0 Å². The second-order valence-electron chi connectivity index (χ2n) is 7.54. The molecule has 252 valence electrons. The lowest BCUT2D eigenvalue weighted by Gasteiger charge is -2.28. The maximum atomic E-state index is 10.7. The number of anilines is 3. The summed E-state index contributed by atoms with van der Waals surface area (Å²) in [4.78, 5) is 105. The summed E-state index contributed by atoms with van der Waals surface area (Å²) in [7, 11) is 0. The maximum Gasteiger partial charge on any atom is 0.294 e. The summed E-state index contributed by atoms with van der Waals surface area (Å²) in [5.74, 6) is -1.21. The van der Waals surface area contributed by atoms with Crippen LogP contribution in [0, 0.1) is 60.7 Å². The second kappa shape index (κ2) is 19.7. The molecule has 0 unspecified atom stereocenters. The van der Waals surface area contributed by atoms with Crippen molar-refractivity contribution in [2.24, 2.45) is 0 Å². The molecule has 0 aliphatic rings. The quantitative estimate of drug-likeness (QED) is 0.0697. The molecule has 0 atom stereocenters. The average Bonchev–Trinajstić information content (AvgIpc) is 2.93. The molecule has 0 bridgehead atoms. The minimum absolute atomic E-state index is 0.403. The highest BCUT2D eigenvalue weighted by Gasteiger charge is 2.22. The monoisotopic (exact) mass is 660 g/mol. The highest BCUT2D eigenvalue weighted by molar-refractivity contribution is 5.47. The van der Waals surface area contributed by atoms with E-state index in [4.69, 9.17) is 0 Å². The summed E-state index contributed by atoms with van der Waals surface area (Å²) < 4.78 is 0. The summed E-state index contributed by atoms with van der Waals surface area (Å²) in [5.41, 5.74) is 0. The molecular formula is C15H24N12O18. The van der Waals surface area contributed by atoms with E-state index in [1.165, 1.54) is 0 Å². The van der Waals surface area contributed by atoms with Crippen molar-refractivity contribution < 1.29 is 59.5 Å². The topological polar surface area (TPSA) is 363 Å². The molecule has 0 aliphatic carbocycles. The maximum absolute atomic E-state index is 10.7. The van der Waals surface area contributed by atoms with Crippen LogP contribution in [0.2, 0.25) is 0 Å². The fourth-order valence-corrected chi connectivity index (χ4v) is 3.06. The summed E-state index contributed by atoms with van der Waals surface area (Å²) in [5, 5.41) is 57.2. The van der Waals surface area contributed by atoms with Crippen LogP contribution in [0.4, 0.5) is 17.8 Å². The molecule has 1 heterocycles. The molecule has 1 aromatic rings. The molecule has 0 fully saturated rings. The molecule has 1 rings (SSSR count). The van der Waals surface area contributed by atoms with Gasteiger partial charge in [-0.15, -0.1) is 60.7 Å². The van der Waals surface area contributed by atoms with Gasteiger partial charge in [-0.1, -0.05) is 0 Å². The molecule has 45 heavy (non-hydrogen) atoms. The van der Waals surface area contributed by atoms with Crippen molar-refractivity contribution in [3.63, 3.8) is 0 Å². The summed E-state index contributed by atoms with van der Waals surface area (Å²) >= 11 is 0. The molecule has 0 amide bonds.